The molecule has 4 heterocycles. The number of nitrogens with zero attached hydrogens (tertiary/aromatic N) is 2. The zero-order valence-electron chi connectivity index (χ0n) is 23.0. The standard InChI is InChI=1S/C32H31F2N5O3/c33-22-12-20(13-23(34)15-22)26-5-6-31(7-10-35-11-8-31)30(42)39(26)18-27(40)37-24-4-3-19-16-32(17-21(19)14-24)25-2-1-9-36-28(25)38-29(32)41/h1-4,9,12-15,26,35H,5-8,10-11,16-18H2,(H,37,40)(H,36,38,41)/t26-,32+/m0/s1. The van der Waals surface area contributed by atoms with Gasteiger partial charge < -0.3 is 20.9 Å². The molecule has 3 aliphatic heterocycles. The van der Waals surface area contributed by atoms with E-state index in [0.29, 0.717) is 68.7 Å². The number of likely N-dealkylation sites (tertiary alicyclic amines) is 1. The predicted octanol–water partition coefficient (Wildman–Crippen LogP) is 4.02. The Bertz CT molecular complexity index is 1600. The van der Waals surface area contributed by atoms with Crippen molar-refractivity contribution in [2.75, 3.05) is 30.3 Å². The van der Waals surface area contributed by atoms with Crippen LogP contribution in [0.1, 0.15) is 54.0 Å². The fourth-order valence-corrected chi connectivity index (χ4v) is 7.49. The predicted molar refractivity (Wildman–Crippen MR) is 152 cm³/mol. The van der Waals surface area contributed by atoms with Gasteiger partial charge in [0.2, 0.25) is 17.7 Å². The summed E-state index contributed by atoms with van der Waals surface area (Å²) < 4.78 is 28.3. The molecule has 216 valence electrons. The first-order valence-corrected chi connectivity index (χ1v) is 14.4. The van der Waals surface area contributed by atoms with E-state index < -0.39 is 34.4 Å². The van der Waals surface area contributed by atoms with Crippen molar-refractivity contribution >= 4 is 29.2 Å². The number of carbonyl (C=O) groups is 3. The van der Waals surface area contributed by atoms with Crippen molar-refractivity contribution in [2.24, 2.45) is 5.41 Å². The van der Waals surface area contributed by atoms with E-state index in [9.17, 15) is 23.2 Å². The monoisotopic (exact) mass is 571 g/mol. The van der Waals surface area contributed by atoms with E-state index in [-0.39, 0.29) is 18.4 Å². The third-order valence-electron chi connectivity index (χ3n) is 9.60. The fourth-order valence-electron chi connectivity index (χ4n) is 7.49. The first-order valence-electron chi connectivity index (χ1n) is 14.4. The minimum atomic E-state index is -0.717. The summed E-state index contributed by atoms with van der Waals surface area (Å²) in [5.74, 6) is -1.45. The number of hydrogen-bond acceptors (Lipinski definition) is 5. The third-order valence-corrected chi connectivity index (χ3v) is 9.60. The van der Waals surface area contributed by atoms with Crippen LogP contribution in [0.25, 0.3) is 0 Å². The van der Waals surface area contributed by atoms with Crippen LogP contribution >= 0.6 is 0 Å². The molecule has 0 bridgehead atoms. The van der Waals surface area contributed by atoms with Gasteiger partial charge >= 0.3 is 0 Å². The van der Waals surface area contributed by atoms with Crippen LogP contribution in [0.5, 0.6) is 0 Å². The summed E-state index contributed by atoms with van der Waals surface area (Å²) in [6, 6.07) is 12.1. The minimum absolute atomic E-state index is 0.0757. The summed E-state index contributed by atoms with van der Waals surface area (Å²) in [5.41, 5.74) is 2.50. The largest absolute Gasteiger partial charge is 0.326 e. The van der Waals surface area contributed by atoms with Crippen molar-refractivity contribution in [1.29, 1.82) is 0 Å². The van der Waals surface area contributed by atoms with Gasteiger partial charge in [-0.1, -0.05) is 12.1 Å². The number of fused-ring (bicyclic) bond motifs is 3. The molecule has 0 saturated carbocycles. The van der Waals surface area contributed by atoms with Gasteiger partial charge in [0.25, 0.3) is 0 Å². The van der Waals surface area contributed by atoms with Crippen molar-refractivity contribution in [2.45, 2.75) is 50.0 Å². The van der Waals surface area contributed by atoms with Gasteiger partial charge in [0.05, 0.1) is 16.9 Å². The molecular formula is C32H31F2N5O3. The Morgan fingerprint density at radius 1 is 1.00 bits per heavy atom. The Balaban J connectivity index is 1.12. The van der Waals surface area contributed by atoms with Gasteiger partial charge in [-0.05, 0) is 98.6 Å². The van der Waals surface area contributed by atoms with Gasteiger partial charge in [-0.2, -0.15) is 0 Å². The van der Waals surface area contributed by atoms with Crippen LogP contribution in [-0.2, 0) is 32.6 Å². The lowest BCUT2D eigenvalue weighted by atomic mass is 9.70. The molecule has 2 fully saturated rings. The molecule has 1 aliphatic carbocycles. The van der Waals surface area contributed by atoms with Crippen molar-refractivity contribution in [1.82, 2.24) is 15.2 Å². The lowest BCUT2D eigenvalue weighted by Gasteiger charge is -2.47. The second-order valence-corrected chi connectivity index (χ2v) is 12.0. The van der Waals surface area contributed by atoms with Gasteiger partial charge in [0.1, 0.15) is 24.0 Å². The maximum absolute atomic E-state index is 14.2. The molecule has 2 saturated heterocycles. The lowest BCUT2D eigenvalue weighted by molar-refractivity contribution is -0.154. The lowest BCUT2D eigenvalue weighted by Crippen LogP contribution is -2.55. The first-order chi connectivity index (χ1) is 20.3. The number of pyridine rings is 1. The molecule has 4 aliphatic rings. The smallest absolute Gasteiger partial charge is 0.244 e. The molecule has 2 spiro atoms. The second-order valence-electron chi connectivity index (χ2n) is 12.0. The van der Waals surface area contributed by atoms with Gasteiger partial charge in [-0.15, -0.1) is 0 Å². The van der Waals surface area contributed by atoms with Crippen LogP contribution in [0.4, 0.5) is 20.3 Å². The van der Waals surface area contributed by atoms with Crippen molar-refractivity contribution in [3.8, 4) is 0 Å². The van der Waals surface area contributed by atoms with Gasteiger partial charge in [-0.25, -0.2) is 13.8 Å². The van der Waals surface area contributed by atoms with Crippen LogP contribution < -0.4 is 16.0 Å². The van der Waals surface area contributed by atoms with Crippen LogP contribution in [-0.4, -0.2) is 47.2 Å². The minimum Gasteiger partial charge on any atom is -0.326 e. The molecule has 1 aromatic heterocycles. The Morgan fingerprint density at radius 2 is 1.76 bits per heavy atom. The summed E-state index contributed by atoms with van der Waals surface area (Å²) in [7, 11) is 0. The van der Waals surface area contributed by atoms with Gasteiger partial charge in [-0.3, -0.25) is 14.4 Å². The molecule has 7 rings (SSSR count). The molecule has 0 radical (unpaired) electrons. The first kappa shape index (κ1) is 26.7. The number of aromatic nitrogens is 1. The Labute approximate surface area is 241 Å². The van der Waals surface area contributed by atoms with E-state index in [2.05, 4.69) is 20.9 Å². The van der Waals surface area contributed by atoms with Crippen molar-refractivity contribution in [3.05, 3.63) is 88.6 Å². The summed E-state index contributed by atoms with van der Waals surface area (Å²) in [6.45, 7) is 1.18. The number of carbonyl (C=O) groups excluding carboxylic acids is 3. The number of hydrogen-bond donors (Lipinski definition) is 3. The average molecular weight is 572 g/mol. The zero-order chi connectivity index (χ0) is 29.1. The summed E-state index contributed by atoms with van der Waals surface area (Å²) in [6.07, 6.45) is 5.13. The zero-order valence-corrected chi connectivity index (χ0v) is 23.0. The quantitative estimate of drug-likeness (QED) is 0.439. The van der Waals surface area contributed by atoms with E-state index in [1.54, 1.807) is 12.3 Å². The highest BCUT2D eigenvalue weighted by Gasteiger charge is 2.51. The normalized spacial score (nSPS) is 24.0. The number of amides is 3. The van der Waals surface area contributed by atoms with Crippen molar-refractivity contribution < 1.29 is 23.2 Å². The third kappa shape index (κ3) is 4.36. The summed E-state index contributed by atoms with van der Waals surface area (Å²) in [5, 5.41) is 9.12. The fraction of sp³-hybridized carbons (Fsp3) is 0.375. The second kappa shape index (κ2) is 9.97. The molecule has 2 atom stereocenters. The van der Waals surface area contributed by atoms with Crippen LogP contribution in [0, 0.1) is 17.0 Å². The van der Waals surface area contributed by atoms with Crippen LogP contribution in [0.2, 0.25) is 0 Å². The molecule has 10 heteroatoms. The Hall–Kier alpha value is -4.18. The van der Waals surface area contributed by atoms with Gasteiger partial charge in [0, 0.05) is 23.5 Å². The van der Waals surface area contributed by atoms with E-state index in [0.717, 1.165) is 22.8 Å². The van der Waals surface area contributed by atoms with E-state index in [1.807, 2.05) is 24.3 Å². The highest BCUT2D eigenvalue weighted by Crippen LogP contribution is 2.48. The number of benzene rings is 2. The molecule has 2 aromatic carbocycles. The summed E-state index contributed by atoms with van der Waals surface area (Å²) >= 11 is 0. The van der Waals surface area contributed by atoms with Crippen LogP contribution in [0.3, 0.4) is 0 Å². The number of halogens is 2. The Morgan fingerprint density at radius 3 is 2.55 bits per heavy atom. The molecule has 3 aromatic rings. The number of nitrogens with one attached hydrogen (secondary N) is 3. The molecule has 3 amide bonds. The van der Waals surface area contributed by atoms with Crippen LogP contribution in [0.15, 0.2) is 54.7 Å². The molecule has 0 unspecified atom stereocenters. The SMILES string of the molecule is O=C(CN1C(=O)C2(CCNCC2)CC[C@H]1c1cc(F)cc(F)c1)Nc1ccc2c(c1)C[C@@]1(C2)C(=O)Nc2ncccc21. The van der Waals surface area contributed by atoms with E-state index >= 15 is 0 Å². The topological polar surface area (TPSA) is 103 Å². The van der Waals surface area contributed by atoms with Crippen molar-refractivity contribution in [3.63, 3.8) is 0 Å². The highest BCUT2D eigenvalue weighted by atomic mass is 19.1. The van der Waals surface area contributed by atoms with E-state index in [4.69, 9.17) is 0 Å². The van der Waals surface area contributed by atoms with Gasteiger partial charge in [0.15, 0.2) is 0 Å². The number of rotatable bonds is 4. The molecule has 8 nitrogen and oxygen atoms in total. The highest BCUT2D eigenvalue weighted by molar-refractivity contribution is 6.06. The number of anilines is 2. The average Bonchev–Trinajstić information content (AvgIpc) is 3.48. The number of piperidine rings is 2. The Kier molecular flexibility index (Phi) is 6.34. The van der Waals surface area contributed by atoms with E-state index in [1.165, 1.54) is 17.0 Å². The maximum atomic E-state index is 14.2. The molecule has 3 N–H and O–H groups in total. The molecule has 42 heavy (non-hydrogen) atoms. The molecular weight excluding hydrogens is 540 g/mol. The summed E-state index contributed by atoms with van der Waals surface area (Å²) in [4.78, 5) is 46.3. The maximum Gasteiger partial charge on any atom is 0.244 e.